The molecular formula is C39H49N3O6. The van der Waals surface area contributed by atoms with Crippen LogP contribution in [0.1, 0.15) is 47.2 Å². The van der Waals surface area contributed by atoms with Gasteiger partial charge in [-0.3, -0.25) is 9.80 Å². The lowest BCUT2D eigenvalue weighted by molar-refractivity contribution is 0.106. The Bertz CT molecular complexity index is 1690. The minimum atomic E-state index is -0.970. The summed E-state index contributed by atoms with van der Waals surface area (Å²) >= 11 is 0. The molecule has 0 amide bonds. The zero-order chi connectivity index (χ0) is 34.0. The molecule has 2 unspecified atom stereocenters. The number of nitrogens with two attached hydrogens (primary N) is 1. The van der Waals surface area contributed by atoms with E-state index in [1.807, 2.05) is 12.1 Å². The van der Waals surface area contributed by atoms with Crippen LogP contribution in [-0.4, -0.2) is 78.1 Å². The molecule has 9 nitrogen and oxygen atoms in total. The summed E-state index contributed by atoms with van der Waals surface area (Å²) < 4.78 is 36.8. The number of methoxy groups -OCH3 is 4. The molecule has 0 fully saturated rings. The van der Waals surface area contributed by atoms with Gasteiger partial charge in [-0.15, -0.1) is 0 Å². The number of benzene rings is 3. The Hall–Kier alpha value is -4.02. The van der Waals surface area contributed by atoms with Gasteiger partial charge in [-0.05, 0) is 105 Å². The zero-order valence-corrected chi connectivity index (χ0v) is 29.3. The summed E-state index contributed by atoms with van der Waals surface area (Å²) in [7, 11) is 10.9. The van der Waals surface area contributed by atoms with Gasteiger partial charge in [0.1, 0.15) is 17.5 Å². The smallest absolute Gasteiger partial charge is 0.204 e. The lowest BCUT2D eigenvalue weighted by Crippen LogP contribution is -2.55. The number of fused-ring (bicyclic) bond motifs is 5. The van der Waals surface area contributed by atoms with Gasteiger partial charge in [-0.1, -0.05) is 24.3 Å². The highest BCUT2D eigenvalue weighted by Gasteiger charge is 2.43. The van der Waals surface area contributed by atoms with Crippen molar-refractivity contribution in [2.45, 2.75) is 50.4 Å². The summed E-state index contributed by atoms with van der Waals surface area (Å²) in [4.78, 5) is 4.62. The molecule has 0 saturated carbocycles. The number of hydrogen-bond acceptors (Lipinski definition) is 9. The summed E-state index contributed by atoms with van der Waals surface area (Å²) in [6, 6.07) is 14.9. The number of rotatable bonds is 6. The molecule has 7 rings (SSSR count). The third-order valence-corrected chi connectivity index (χ3v) is 9.99. The molecule has 4 aliphatic rings. The molecule has 3 aromatic carbocycles. The van der Waals surface area contributed by atoms with E-state index in [0.29, 0.717) is 41.8 Å². The van der Waals surface area contributed by atoms with Gasteiger partial charge < -0.3 is 34.2 Å². The predicted molar refractivity (Wildman–Crippen MR) is 188 cm³/mol. The van der Waals surface area contributed by atoms with E-state index < -0.39 is 5.66 Å². The molecule has 4 aliphatic heterocycles. The summed E-state index contributed by atoms with van der Waals surface area (Å²) in [5.41, 5.74) is 13.3. The van der Waals surface area contributed by atoms with Crippen LogP contribution < -0.4 is 29.4 Å². The van der Waals surface area contributed by atoms with Gasteiger partial charge in [0.15, 0.2) is 23.0 Å². The van der Waals surface area contributed by atoms with Gasteiger partial charge in [0.05, 0.1) is 27.9 Å². The average Bonchev–Trinajstić information content (AvgIpc) is 3.07. The first kappa shape index (κ1) is 33.9. The van der Waals surface area contributed by atoms with Crippen LogP contribution in [-0.2, 0) is 29.7 Å². The third kappa shape index (κ3) is 6.52. The van der Waals surface area contributed by atoms with Crippen LogP contribution in [0.2, 0.25) is 0 Å². The Morgan fingerprint density at radius 2 is 1.67 bits per heavy atom. The molecule has 256 valence electrons. The fourth-order valence-electron chi connectivity index (χ4n) is 7.39. The molecular weight excluding hydrogens is 606 g/mol. The third-order valence-electron chi connectivity index (χ3n) is 9.99. The first-order valence-electron chi connectivity index (χ1n) is 16.7. The second kappa shape index (κ2) is 14.2. The molecule has 4 bridgehead atoms. The SMILES string of the molecule is COC/C=C\C1=CC(C)Oc2ccc(cc2)C[C@H]2c3cc(c(OC)cc3CCN2C)Oc2c(OC)c(OC)cc3c2C(N)(C1)N(C)CC3. The van der Waals surface area contributed by atoms with Crippen molar-refractivity contribution in [3.63, 3.8) is 0 Å². The number of hydrogen-bond donors (Lipinski definition) is 1. The number of nitrogens with zero attached hydrogens (tertiary/aromatic N) is 2. The zero-order valence-electron chi connectivity index (χ0n) is 29.3. The Labute approximate surface area is 284 Å². The maximum atomic E-state index is 7.61. The minimum Gasteiger partial charge on any atom is -0.493 e. The molecule has 0 aliphatic carbocycles. The first-order chi connectivity index (χ1) is 23.2. The number of likely N-dealkylation sites (N-methyl/N-ethyl adjacent to an activating group) is 2. The van der Waals surface area contributed by atoms with Crippen LogP contribution in [0.4, 0.5) is 0 Å². The highest BCUT2D eigenvalue weighted by molar-refractivity contribution is 5.64. The molecule has 9 heteroatoms. The highest BCUT2D eigenvalue weighted by Crippen LogP contribution is 2.52. The molecule has 2 N–H and O–H groups in total. The first-order valence-corrected chi connectivity index (χ1v) is 16.7. The Morgan fingerprint density at radius 3 is 2.38 bits per heavy atom. The Morgan fingerprint density at radius 1 is 0.938 bits per heavy atom. The van der Waals surface area contributed by atoms with Crippen LogP contribution in [0.3, 0.4) is 0 Å². The average molecular weight is 656 g/mol. The normalized spacial score (nSPS) is 23.0. The van der Waals surface area contributed by atoms with Gasteiger partial charge >= 0.3 is 0 Å². The predicted octanol–water partition coefficient (Wildman–Crippen LogP) is 6.18. The maximum Gasteiger partial charge on any atom is 0.204 e. The molecule has 0 spiro atoms. The van der Waals surface area contributed by atoms with E-state index in [4.69, 9.17) is 34.2 Å². The van der Waals surface area contributed by atoms with E-state index in [-0.39, 0.29) is 12.1 Å². The molecule has 0 radical (unpaired) electrons. The van der Waals surface area contributed by atoms with Crippen LogP contribution >= 0.6 is 0 Å². The monoisotopic (exact) mass is 655 g/mol. The van der Waals surface area contributed by atoms with Crippen LogP contribution in [0.5, 0.6) is 34.5 Å². The molecule has 0 saturated heterocycles. The summed E-state index contributed by atoms with van der Waals surface area (Å²) in [6.45, 7) is 4.23. The van der Waals surface area contributed by atoms with Gasteiger partial charge in [0.25, 0.3) is 0 Å². The standard InChI is InChI=1S/C39H49N3O6/c1-25-19-27(9-8-18-43-4)24-39(40)36-29(15-17-42(39)3)22-35(45-6)37(46-7)38(36)48-34-23-31-28(21-33(34)44-5)14-16-41(2)32(31)20-26-10-12-30(47-25)13-11-26/h8-13,19,21-23,25,32H,14-18,20,24,40H2,1-7H3/b9-8-,27-19?/t25?,32-,39?/m0/s1. The van der Waals surface area contributed by atoms with E-state index in [1.165, 1.54) is 16.7 Å². The van der Waals surface area contributed by atoms with Crippen molar-refractivity contribution in [2.75, 3.05) is 62.2 Å². The molecule has 48 heavy (non-hydrogen) atoms. The van der Waals surface area contributed by atoms with Gasteiger partial charge in [-0.25, -0.2) is 0 Å². The minimum absolute atomic E-state index is 0.150. The van der Waals surface area contributed by atoms with Crippen molar-refractivity contribution >= 4 is 0 Å². The Kier molecular flexibility index (Phi) is 10.0. The van der Waals surface area contributed by atoms with Crippen molar-refractivity contribution < 1.29 is 28.4 Å². The fourth-order valence-corrected chi connectivity index (χ4v) is 7.39. The van der Waals surface area contributed by atoms with Gasteiger partial charge in [-0.2, -0.15) is 0 Å². The summed E-state index contributed by atoms with van der Waals surface area (Å²) in [5, 5.41) is 0. The largest absolute Gasteiger partial charge is 0.493 e. The van der Waals surface area contributed by atoms with Crippen molar-refractivity contribution in [3.8, 4) is 34.5 Å². The van der Waals surface area contributed by atoms with Crippen LogP contribution in [0.15, 0.2) is 66.3 Å². The summed E-state index contributed by atoms with van der Waals surface area (Å²) in [5.74, 6) is 3.70. The quantitative estimate of drug-likeness (QED) is 0.335. The number of ether oxygens (including phenoxy) is 6. The van der Waals surface area contributed by atoms with Crippen molar-refractivity contribution in [1.29, 1.82) is 0 Å². The molecule has 0 aromatic heterocycles. The highest BCUT2D eigenvalue weighted by atomic mass is 16.5. The maximum absolute atomic E-state index is 7.61. The van der Waals surface area contributed by atoms with Crippen LogP contribution in [0.25, 0.3) is 0 Å². The Balaban J connectivity index is 1.61. The van der Waals surface area contributed by atoms with Gasteiger partial charge in [0.2, 0.25) is 5.75 Å². The van der Waals surface area contributed by atoms with E-state index in [9.17, 15) is 0 Å². The molecule has 3 aromatic rings. The van der Waals surface area contributed by atoms with Crippen LogP contribution in [0, 0.1) is 0 Å². The van der Waals surface area contributed by atoms with E-state index in [0.717, 1.165) is 54.8 Å². The second-order valence-electron chi connectivity index (χ2n) is 13.1. The van der Waals surface area contributed by atoms with E-state index in [1.54, 1.807) is 28.4 Å². The molecule has 4 heterocycles. The second-order valence-corrected chi connectivity index (χ2v) is 13.1. The lowest BCUT2D eigenvalue weighted by Gasteiger charge is -2.45. The van der Waals surface area contributed by atoms with Crippen molar-refractivity contribution in [2.24, 2.45) is 5.73 Å². The summed E-state index contributed by atoms with van der Waals surface area (Å²) in [6.07, 6.45) is 9.00. The lowest BCUT2D eigenvalue weighted by atomic mass is 9.82. The van der Waals surface area contributed by atoms with E-state index >= 15 is 0 Å². The topological polar surface area (TPSA) is 87.9 Å². The molecule has 3 atom stereocenters. The fraction of sp³-hybridized carbons (Fsp3) is 0.436. The van der Waals surface area contributed by atoms with E-state index in [2.05, 4.69) is 79.4 Å². The van der Waals surface area contributed by atoms with Crippen molar-refractivity contribution in [3.05, 3.63) is 94.1 Å². The van der Waals surface area contributed by atoms with Gasteiger partial charge in [0, 0.05) is 38.2 Å². The number of allylic oxidation sites excluding steroid dienone is 1. The van der Waals surface area contributed by atoms with Crippen molar-refractivity contribution in [1.82, 2.24) is 9.80 Å².